The van der Waals surface area contributed by atoms with Crippen LogP contribution in [-0.2, 0) is 40.7 Å². The minimum absolute atomic E-state index is 0.0163. The zero-order valence-corrected chi connectivity index (χ0v) is 33.8. The molecule has 0 radical (unpaired) electrons. The van der Waals surface area contributed by atoms with E-state index in [2.05, 4.69) is 29.4 Å². The van der Waals surface area contributed by atoms with Gasteiger partial charge >= 0.3 is 0 Å². The van der Waals surface area contributed by atoms with Gasteiger partial charge in [0.2, 0.25) is 5.91 Å². The van der Waals surface area contributed by atoms with Crippen LogP contribution in [0.15, 0.2) is 92.3 Å². The van der Waals surface area contributed by atoms with Gasteiger partial charge in [0.1, 0.15) is 4.90 Å². The van der Waals surface area contributed by atoms with Crippen LogP contribution in [0.2, 0.25) is 0 Å². The lowest BCUT2D eigenvalue weighted by molar-refractivity contribution is -0.432. The Labute approximate surface area is 339 Å². The quantitative estimate of drug-likeness (QED) is 0.0219. The zero-order chi connectivity index (χ0) is 42.1. The van der Waals surface area contributed by atoms with Crippen LogP contribution in [0.1, 0.15) is 59.5 Å². The monoisotopic (exact) mass is 852 g/mol. The fourth-order valence-electron chi connectivity index (χ4n) is 6.93. The van der Waals surface area contributed by atoms with Crippen LogP contribution < -0.4 is 16.2 Å². The largest absolute Gasteiger partial charge is 0.354 e. The van der Waals surface area contributed by atoms with E-state index >= 15 is 0 Å². The SMILES string of the molecule is CC(C)N(CC(=O)Nc1cc(Nc2ccc3c4c2C(=O)c2ccccc2-c4c(C(=O)c2cccc(SOOO)c2)c(=O)n3C)c(SOOO)cc1S(=O)(=O)O)C(C)C. The van der Waals surface area contributed by atoms with Gasteiger partial charge in [0.05, 0.1) is 69.2 Å². The van der Waals surface area contributed by atoms with Crippen molar-refractivity contribution in [3.05, 3.63) is 105 Å². The highest BCUT2D eigenvalue weighted by Gasteiger charge is 2.34. The highest BCUT2D eigenvalue weighted by Crippen LogP contribution is 2.45. The number of benzene rings is 4. The molecule has 0 saturated heterocycles. The van der Waals surface area contributed by atoms with Crippen LogP contribution in [-0.4, -0.2) is 69.1 Å². The van der Waals surface area contributed by atoms with E-state index in [0.29, 0.717) is 40.1 Å². The van der Waals surface area contributed by atoms with Crippen molar-refractivity contribution in [2.75, 3.05) is 17.2 Å². The third kappa shape index (κ3) is 8.44. The summed E-state index contributed by atoms with van der Waals surface area (Å²) >= 11 is 0.965. The van der Waals surface area contributed by atoms with E-state index in [1.165, 1.54) is 35.9 Å². The summed E-state index contributed by atoms with van der Waals surface area (Å²) in [6.45, 7) is 7.47. The lowest BCUT2D eigenvalue weighted by Gasteiger charge is -2.29. The number of rotatable bonds is 16. The molecule has 1 aliphatic carbocycles. The van der Waals surface area contributed by atoms with Crippen LogP contribution in [0.5, 0.6) is 0 Å². The third-order valence-electron chi connectivity index (χ3n) is 9.43. The molecule has 0 fully saturated rings. The molecule has 58 heavy (non-hydrogen) atoms. The van der Waals surface area contributed by atoms with Gasteiger partial charge < -0.3 is 15.2 Å². The Morgan fingerprint density at radius 3 is 2.16 bits per heavy atom. The van der Waals surface area contributed by atoms with Crippen LogP contribution in [0, 0.1) is 0 Å². The summed E-state index contributed by atoms with van der Waals surface area (Å²) in [5, 5.41) is 31.0. The maximum Gasteiger partial charge on any atom is 0.296 e. The topological polar surface area (TPSA) is 232 Å². The molecule has 1 aliphatic rings. The van der Waals surface area contributed by atoms with Gasteiger partial charge in [-0.1, -0.05) is 46.5 Å². The van der Waals surface area contributed by atoms with E-state index in [-0.39, 0.29) is 73.8 Å². The second-order valence-corrected chi connectivity index (χ2v) is 16.4. The van der Waals surface area contributed by atoms with Crippen LogP contribution in [0.3, 0.4) is 0 Å². The van der Waals surface area contributed by atoms with Gasteiger partial charge in [0, 0.05) is 46.1 Å². The number of aryl methyl sites for hydroxylation is 1. The molecule has 0 atom stereocenters. The van der Waals surface area contributed by atoms with Crippen molar-refractivity contribution in [3.8, 4) is 11.1 Å². The van der Waals surface area contributed by atoms with Crippen molar-refractivity contribution >= 4 is 79.6 Å². The number of aromatic nitrogens is 1. The Morgan fingerprint density at radius 1 is 0.828 bits per heavy atom. The molecule has 0 saturated carbocycles. The molecule has 5 N–H and O–H groups in total. The molecule has 1 amide bonds. The Hall–Kier alpha value is -4.97. The average molecular weight is 853 g/mol. The summed E-state index contributed by atoms with van der Waals surface area (Å²) in [5.74, 6) is -1.75. The first-order valence-electron chi connectivity index (χ1n) is 17.3. The number of carbonyl (C=O) groups is 3. The van der Waals surface area contributed by atoms with Gasteiger partial charge in [-0.15, -0.1) is 8.67 Å². The second kappa shape index (κ2) is 17.5. The molecule has 0 bridgehead atoms. The van der Waals surface area contributed by atoms with Crippen molar-refractivity contribution in [3.63, 3.8) is 0 Å². The van der Waals surface area contributed by atoms with Gasteiger partial charge in [-0.2, -0.15) is 8.42 Å². The molecule has 0 spiro atoms. The molecule has 1 aromatic heterocycles. The Bertz CT molecular complexity index is 2620. The predicted molar refractivity (Wildman–Crippen MR) is 214 cm³/mol. The summed E-state index contributed by atoms with van der Waals surface area (Å²) in [6, 6.07) is 17.7. The van der Waals surface area contributed by atoms with Crippen molar-refractivity contribution in [2.45, 2.75) is 54.5 Å². The molecular weight excluding hydrogens is 817 g/mol. The van der Waals surface area contributed by atoms with Crippen LogP contribution in [0.4, 0.5) is 17.1 Å². The number of nitrogens with one attached hydrogen (secondary N) is 2. The highest BCUT2D eigenvalue weighted by molar-refractivity contribution is 7.95. The molecular formula is C38H36N4O13S3. The van der Waals surface area contributed by atoms with E-state index in [1.807, 2.05) is 32.6 Å². The first-order valence-corrected chi connectivity index (χ1v) is 20.3. The summed E-state index contributed by atoms with van der Waals surface area (Å²) < 4.78 is 46.0. The highest BCUT2D eigenvalue weighted by atomic mass is 32.2. The van der Waals surface area contributed by atoms with E-state index in [4.69, 9.17) is 10.5 Å². The molecule has 0 unspecified atom stereocenters. The molecule has 1 heterocycles. The lowest BCUT2D eigenvalue weighted by Crippen LogP contribution is -2.42. The fraction of sp³-hybridized carbons (Fsp3) is 0.211. The summed E-state index contributed by atoms with van der Waals surface area (Å²) in [5.41, 5.74) is 0.0574. The number of pyridine rings is 1. The zero-order valence-electron chi connectivity index (χ0n) is 31.3. The van der Waals surface area contributed by atoms with E-state index in [1.54, 1.807) is 42.5 Å². The van der Waals surface area contributed by atoms with Gasteiger partial charge in [-0.05, 0) is 69.7 Å². The van der Waals surface area contributed by atoms with E-state index in [0.717, 1.165) is 6.07 Å². The Balaban J connectivity index is 1.57. The fourth-order valence-corrected chi connectivity index (χ4v) is 8.54. The number of nitrogens with zero attached hydrogens (tertiary/aromatic N) is 2. The molecule has 4 aromatic carbocycles. The van der Waals surface area contributed by atoms with E-state index in [9.17, 15) is 32.1 Å². The number of amides is 1. The smallest absolute Gasteiger partial charge is 0.296 e. The van der Waals surface area contributed by atoms with E-state index < -0.39 is 38.0 Å². The van der Waals surface area contributed by atoms with Gasteiger partial charge in [-0.25, -0.2) is 10.5 Å². The minimum Gasteiger partial charge on any atom is -0.354 e. The molecule has 20 heteroatoms. The second-order valence-electron chi connectivity index (χ2n) is 13.5. The maximum absolute atomic E-state index is 14.5. The molecule has 6 rings (SSSR count). The third-order valence-corrected chi connectivity index (χ3v) is 11.5. The Kier molecular flexibility index (Phi) is 12.9. The first kappa shape index (κ1) is 42.6. The maximum atomic E-state index is 14.5. The van der Waals surface area contributed by atoms with Gasteiger partial charge in [-0.3, -0.25) is 28.6 Å². The predicted octanol–water partition coefficient (Wildman–Crippen LogP) is 6.89. The average Bonchev–Trinajstić information content (AvgIpc) is 3.18. The number of ketones is 2. The lowest BCUT2D eigenvalue weighted by atomic mass is 9.80. The van der Waals surface area contributed by atoms with Gasteiger partial charge in [0.15, 0.2) is 11.6 Å². The number of hydrogen-bond donors (Lipinski definition) is 5. The normalized spacial score (nSPS) is 12.4. The molecule has 0 aliphatic heterocycles. The summed E-state index contributed by atoms with van der Waals surface area (Å²) in [7, 11) is -3.52. The van der Waals surface area contributed by atoms with Crippen molar-refractivity contribution < 1.29 is 56.6 Å². The number of fused-ring (bicyclic) bond motifs is 2. The first-order chi connectivity index (χ1) is 27.6. The van der Waals surface area contributed by atoms with Crippen LogP contribution >= 0.6 is 24.1 Å². The van der Waals surface area contributed by atoms with Crippen molar-refractivity contribution in [2.24, 2.45) is 7.05 Å². The minimum atomic E-state index is -4.98. The summed E-state index contributed by atoms with van der Waals surface area (Å²) in [6.07, 6.45) is 0. The van der Waals surface area contributed by atoms with Gasteiger partial charge in [0.25, 0.3) is 15.7 Å². The van der Waals surface area contributed by atoms with Crippen molar-refractivity contribution in [1.82, 2.24) is 9.47 Å². The standard InChI is InChI=1S/C38H36N4O13S3/c1-19(2)42(20(3)4)18-31(43)40-27-16-26(29(57-55-53-48)17-30(27)58(49,50)51)39-25-13-14-28-34-32(23-11-6-7-12-24(23)37(45)33(25)34)35(38(46)41(28)5)36(44)21-9-8-10-22(15-21)56-54-52-47/h6-17,19-20,39,47-48H,18H2,1-5H3,(H,40,43)(H,49,50,51). The number of carbonyl (C=O) groups excluding carboxylic acids is 3. The summed E-state index contributed by atoms with van der Waals surface area (Å²) in [4.78, 5) is 57.9. The molecule has 304 valence electrons. The Morgan fingerprint density at radius 2 is 1.50 bits per heavy atom. The number of hydrogen-bond acceptors (Lipinski definition) is 16. The van der Waals surface area contributed by atoms with Crippen LogP contribution in [0.25, 0.3) is 22.0 Å². The van der Waals surface area contributed by atoms with Crippen molar-refractivity contribution in [1.29, 1.82) is 0 Å². The molecule has 5 aromatic rings. The molecule has 17 nitrogen and oxygen atoms in total. The number of anilines is 3.